The van der Waals surface area contributed by atoms with Crippen LogP contribution in [0.25, 0.3) is 5.69 Å². The first-order valence-electron chi connectivity index (χ1n) is 12.0. The van der Waals surface area contributed by atoms with Crippen LogP contribution in [-0.4, -0.2) is 32.9 Å². The lowest BCUT2D eigenvalue weighted by Crippen LogP contribution is -2.34. The normalized spacial score (nSPS) is 11.1. The van der Waals surface area contributed by atoms with Crippen molar-refractivity contribution in [2.45, 2.75) is 20.8 Å². The third-order valence-corrected chi connectivity index (χ3v) is 6.06. The van der Waals surface area contributed by atoms with Crippen molar-refractivity contribution in [1.29, 1.82) is 0 Å². The topological polar surface area (TPSA) is 124 Å². The van der Waals surface area contributed by atoms with Crippen molar-refractivity contribution in [1.82, 2.24) is 14.8 Å². The maximum Gasteiger partial charge on any atom is 0.343 e. The second kappa shape index (κ2) is 11.4. The SMILES string of the molecule is C/C(=N\NC(=O)C(=O)Nc1c(C)n(C)n(-c2ccccc2)c1=O)c1ccc(OC(=O)c2cccc(C)c2)cc1. The minimum atomic E-state index is -1.04. The number of esters is 1. The molecule has 0 aliphatic heterocycles. The van der Waals surface area contributed by atoms with Gasteiger partial charge in [-0.15, -0.1) is 0 Å². The van der Waals surface area contributed by atoms with E-state index in [-0.39, 0.29) is 5.69 Å². The van der Waals surface area contributed by atoms with Crippen LogP contribution in [0.2, 0.25) is 0 Å². The van der Waals surface area contributed by atoms with Crippen LogP contribution in [0.4, 0.5) is 5.69 Å². The van der Waals surface area contributed by atoms with E-state index < -0.39 is 23.3 Å². The van der Waals surface area contributed by atoms with Crippen LogP contribution >= 0.6 is 0 Å². The highest BCUT2D eigenvalue weighted by Gasteiger charge is 2.21. The molecule has 1 aromatic heterocycles. The number of nitrogens with zero attached hydrogens (tertiary/aromatic N) is 3. The van der Waals surface area contributed by atoms with E-state index in [0.29, 0.717) is 34.0 Å². The van der Waals surface area contributed by atoms with E-state index in [0.717, 1.165) is 5.56 Å². The van der Waals surface area contributed by atoms with Crippen molar-refractivity contribution in [2.24, 2.45) is 12.1 Å². The zero-order chi connectivity index (χ0) is 28.1. The molecule has 4 rings (SSSR count). The molecule has 0 unspecified atom stereocenters. The molecule has 198 valence electrons. The van der Waals surface area contributed by atoms with Crippen molar-refractivity contribution in [3.8, 4) is 11.4 Å². The van der Waals surface area contributed by atoms with Crippen LogP contribution in [0.3, 0.4) is 0 Å². The Morgan fingerprint density at radius 1 is 0.846 bits per heavy atom. The third kappa shape index (κ3) is 6.02. The largest absolute Gasteiger partial charge is 0.423 e. The van der Waals surface area contributed by atoms with Crippen LogP contribution < -0.4 is 21.0 Å². The van der Waals surface area contributed by atoms with Gasteiger partial charge in [0, 0.05) is 7.05 Å². The summed E-state index contributed by atoms with van der Waals surface area (Å²) in [6.07, 6.45) is 0. The number of nitrogens with one attached hydrogen (secondary N) is 2. The van der Waals surface area contributed by atoms with Gasteiger partial charge in [-0.2, -0.15) is 5.10 Å². The summed E-state index contributed by atoms with van der Waals surface area (Å²) in [6.45, 7) is 5.20. The minimum Gasteiger partial charge on any atom is -0.423 e. The highest BCUT2D eigenvalue weighted by atomic mass is 16.5. The summed E-state index contributed by atoms with van der Waals surface area (Å²) < 4.78 is 8.39. The van der Waals surface area contributed by atoms with Gasteiger partial charge in [0.05, 0.1) is 22.7 Å². The number of aromatic nitrogens is 2. The van der Waals surface area contributed by atoms with Crippen LogP contribution in [0.5, 0.6) is 5.75 Å². The molecule has 0 fully saturated rings. The number of benzene rings is 3. The molecule has 0 saturated carbocycles. The van der Waals surface area contributed by atoms with E-state index in [1.165, 1.54) is 4.68 Å². The Morgan fingerprint density at radius 3 is 2.21 bits per heavy atom. The average Bonchev–Trinajstić information content (AvgIpc) is 3.15. The van der Waals surface area contributed by atoms with Crippen molar-refractivity contribution < 1.29 is 19.1 Å². The number of carbonyl (C=O) groups is 3. The Hall–Kier alpha value is -5.25. The second-order valence-electron chi connectivity index (χ2n) is 8.81. The molecule has 0 aliphatic rings. The van der Waals surface area contributed by atoms with E-state index >= 15 is 0 Å². The maximum atomic E-state index is 12.9. The molecule has 0 radical (unpaired) electrons. The zero-order valence-electron chi connectivity index (χ0n) is 21.9. The van der Waals surface area contributed by atoms with Gasteiger partial charge in [-0.05, 0) is 74.9 Å². The lowest BCUT2D eigenvalue weighted by atomic mass is 10.1. The summed E-state index contributed by atoms with van der Waals surface area (Å²) in [7, 11) is 1.68. The zero-order valence-corrected chi connectivity index (χ0v) is 21.9. The first-order valence-corrected chi connectivity index (χ1v) is 12.0. The number of hydrogen-bond acceptors (Lipinski definition) is 6. The molecule has 4 aromatic rings. The van der Waals surface area contributed by atoms with E-state index in [9.17, 15) is 19.2 Å². The van der Waals surface area contributed by atoms with Gasteiger partial charge >= 0.3 is 17.8 Å². The molecule has 0 spiro atoms. The molecule has 0 aliphatic carbocycles. The fourth-order valence-electron chi connectivity index (χ4n) is 3.83. The summed E-state index contributed by atoms with van der Waals surface area (Å²) >= 11 is 0. The standard InChI is InChI=1S/C29H27N5O5/c1-18-9-8-10-22(17-18)29(38)39-24-15-13-21(14-16-24)19(2)31-32-27(36)26(35)30-25-20(3)33(4)34(28(25)37)23-11-6-5-7-12-23/h5-17H,1-4H3,(H,30,35)(H,32,36)/b31-19+. The van der Waals surface area contributed by atoms with Crippen molar-refractivity contribution >= 4 is 29.2 Å². The number of hydrogen-bond donors (Lipinski definition) is 2. The van der Waals surface area contributed by atoms with Gasteiger partial charge in [-0.25, -0.2) is 14.9 Å². The molecule has 39 heavy (non-hydrogen) atoms. The number of aryl methyl sites for hydroxylation is 1. The lowest BCUT2D eigenvalue weighted by molar-refractivity contribution is -0.136. The highest BCUT2D eigenvalue weighted by Crippen LogP contribution is 2.16. The predicted octanol–water partition coefficient (Wildman–Crippen LogP) is 3.49. The van der Waals surface area contributed by atoms with E-state index in [1.54, 1.807) is 92.3 Å². The Bertz CT molecular complexity index is 1630. The summed E-state index contributed by atoms with van der Waals surface area (Å²) in [6, 6.07) is 22.6. The lowest BCUT2D eigenvalue weighted by Gasteiger charge is -2.07. The average molecular weight is 526 g/mol. The molecule has 2 amide bonds. The summed E-state index contributed by atoms with van der Waals surface area (Å²) in [4.78, 5) is 50.2. The number of amides is 2. The van der Waals surface area contributed by atoms with E-state index in [1.807, 2.05) is 19.1 Å². The number of ether oxygens (including phenoxy) is 1. The number of rotatable bonds is 6. The molecule has 10 nitrogen and oxygen atoms in total. The van der Waals surface area contributed by atoms with Gasteiger partial charge < -0.3 is 10.1 Å². The van der Waals surface area contributed by atoms with E-state index in [4.69, 9.17) is 4.74 Å². The molecule has 0 atom stereocenters. The van der Waals surface area contributed by atoms with Gasteiger partial charge in [-0.1, -0.05) is 35.9 Å². The number of carbonyl (C=O) groups excluding carboxylic acids is 3. The molecule has 1 heterocycles. The predicted molar refractivity (Wildman–Crippen MR) is 147 cm³/mol. The van der Waals surface area contributed by atoms with Gasteiger partial charge in [-0.3, -0.25) is 19.1 Å². The van der Waals surface area contributed by atoms with Crippen LogP contribution in [-0.2, 0) is 16.6 Å². The van der Waals surface area contributed by atoms with Crippen molar-refractivity contribution in [3.05, 3.63) is 112 Å². The van der Waals surface area contributed by atoms with Crippen molar-refractivity contribution in [2.75, 3.05) is 5.32 Å². The van der Waals surface area contributed by atoms with Gasteiger partial charge in [0.15, 0.2) is 0 Å². The van der Waals surface area contributed by atoms with Gasteiger partial charge in [0.25, 0.3) is 5.56 Å². The van der Waals surface area contributed by atoms with Gasteiger partial charge in [0.1, 0.15) is 11.4 Å². The fraction of sp³-hybridized carbons (Fsp3) is 0.138. The van der Waals surface area contributed by atoms with Crippen LogP contribution in [0, 0.1) is 13.8 Å². The molecule has 0 bridgehead atoms. The van der Waals surface area contributed by atoms with Crippen LogP contribution in [0.1, 0.15) is 34.1 Å². The quantitative estimate of drug-likeness (QED) is 0.131. The number of anilines is 1. The third-order valence-electron chi connectivity index (χ3n) is 6.06. The molecule has 3 aromatic carbocycles. The monoisotopic (exact) mass is 525 g/mol. The van der Waals surface area contributed by atoms with Crippen molar-refractivity contribution in [3.63, 3.8) is 0 Å². The Labute approximate surface area is 224 Å². The molecule has 2 N–H and O–H groups in total. The summed E-state index contributed by atoms with van der Waals surface area (Å²) in [5.41, 5.74) is 5.28. The minimum absolute atomic E-state index is 0.00185. The van der Waals surface area contributed by atoms with E-state index in [2.05, 4.69) is 15.8 Å². The maximum absolute atomic E-state index is 12.9. The Morgan fingerprint density at radius 2 is 1.54 bits per heavy atom. The molecular formula is C29H27N5O5. The van der Waals surface area contributed by atoms with Crippen LogP contribution in [0.15, 0.2) is 88.8 Å². The fourth-order valence-corrected chi connectivity index (χ4v) is 3.83. The summed E-state index contributed by atoms with van der Waals surface area (Å²) in [5.74, 6) is -2.19. The van der Waals surface area contributed by atoms with Gasteiger partial charge in [0.2, 0.25) is 0 Å². The Kier molecular flexibility index (Phi) is 7.85. The summed E-state index contributed by atoms with van der Waals surface area (Å²) in [5, 5.41) is 6.37. The number of hydrazone groups is 1. The highest BCUT2D eigenvalue weighted by molar-refractivity contribution is 6.39. The molecular weight excluding hydrogens is 498 g/mol. The first kappa shape index (κ1) is 26.8. The Balaban J connectivity index is 1.39. The molecule has 0 saturated heterocycles. The second-order valence-corrected chi connectivity index (χ2v) is 8.81. The smallest absolute Gasteiger partial charge is 0.343 e. The number of para-hydroxylation sites is 1. The first-order chi connectivity index (χ1) is 18.7. The molecule has 10 heteroatoms.